The van der Waals surface area contributed by atoms with Gasteiger partial charge in [-0.05, 0) is 30.4 Å². The highest BCUT2D eigenvalue weighted by Gasteiger charge is 2.45. The van der Waals surface area contributed by atoms with Gasteiger partial charge in [0.1, 0.15) is 0 Å². The zero-order valence-electron chi connectivity index (χ0n) is 10.0. The molecule has 0 saturated heterocycles. The minimum absolute atomic E-state index is 0.00350. The highest BCUT2D eigenvalue weighted by Crippen LogP contribution is 2.43. The van der Waals surface area contributed by atoms with Gasteiger partial charge in [0, 0.05) is 5.75 Å². The Morgan fingerprint density at radius 3 is 2.68 bits per heavy atom. The number of carboxylic acid groups (broad SMARTS) is 1. The van der Waals surface area contributed by atoms with Crippen LogP contribution in [0.4, 0.5) is 13.2 Å². The second-order valence-corrected chi connectivity index (χ2v) is 5.75. The SMILES string of the molecule is O=C(O)C1(CCSC(F)(F)F)CCc2ccccc21. The molecule has 0 amide bonds. The van der Waals surface area contributed by atoms with E-state index in [1.165, 1.54) is 0 Å². The summed E-state index contributed by atoms with van der Waals surface area (Å²) in [6.45, 7) is 0. The van der Waals surface area contributed by atoms with E-state index < -0.39 is 16.9 Å². The van der Waals surface area contributed by atoms with Gasteiger partial charge in [-0.15, -0.1) is 0 Å². The van der Waals surface area contributed by atoms with E-state index in [2.05, 4.69) is 0 Å². The lowest BCUT2D eigenvalue weighted by Crippen LogP contribution is -2.34. The number of halogens is 3. The Balaban J connectivity index is 2.20. The van der Waals surface area contributed by atoms with Crippen molar-refractivity contribution in [2.75, 3.05) is 5.75 Å². The van der Waals surface area contributed by atoms with Crippen LogP contribution in [0.25, 0.3) is 0 Å². The quantitative estimate of drug-likeness (QED) is 0.920. The molecule has 0 spiro atoms. The summed E-state index contributed by atoms with van der Waals surface area (Å²) in [4.78, 5) is 11.6. The van der Waals surface area contributed by atoms with Crippen LogP contribution in [0.1, 0.15) is 24.0 Å². The molecule has 1 aliphatic rings. The van der Waals surface area contributed by atoms with Crippen LogP contribution in [0.15, 0.2) is 24.3 Å². The predicted octanol–water partition coefficient (Wildman–Crippen LogP) is 3.60. The topological polar surface area (TPSA) is 37.3 Å². The molecule has 0 bridgehead atoms. The Morgan fingerprint density at radius 2 is 2.05 bits per heavy atom. The standard InChI is InChI=1S/C13H13F3O2S/c14-13(15,16)19-8-7-12(11(17)18)6-5-9-3-1-2-4-10(9)12/h1-4H,5-8H2,(H,17,18). The number of alkyl halides is 3. The van der Waals surface area contributed by atoms with Crippen molar-refractivity contribution in [2.24, 2.45) is 0 Å². The summed E-state index contributed by atoms with van der Waals surface area (Å²) in [6.07, 6.45) is 0.989. The molecular weight excluding hydrogens is 277 g/mol. The molecule has 2 nitrogen and oxygen atoms in total. The zero-order chi connectivity index (χ0) is 14.1. The first kappa shape index (κ1) is 14.2. The Bertz CT molecular complexity index is 487. The predicted molar refractivity (Wildman–Crippen MR) is 67.2 cm³/mol. The second-order valence-electron chi connectivity index (χ2n) is 4.59. The second kappa shape index (κ2) is 5.07. The van der Waals surface area contributed by atoms with Crippen LogP contribution in [-0.4, -0.2) is 22.3 Å². The number of aryl methyl sites for hydroxylation is 1. The van der Waals surface area contributed by atoms with Crippen LogP contribution in [0.5, 0.6) is 0 Å². The Labute approximate surface area is 113 Å². The molecule has 2 rings (SSSR count). The lowest BCUT2D eigenvalue weighted by atomic mass is 9.79. The fourth-order valence-corrected chi connectivity index (χ4v) is 3.30. The van der Waals surface area contributed by atoms with E-state index in [4.69, 9.17) is 0 Å². The maximum atomic E-state index is 12.2. The zero-order valence-corrected chi connectivity index (χ0v) is 10.9. The highest BCUT2D eigenvalue weighted by molar-refractivity contribution is 8.00. The number of hydrogen-bond acceptors (Lipinski definition) is 2. The number of hydrogen-bond donors (Lipinski definition) is 1. The van der Waals surface area contributed by atoms with Crippen LogP contribution in [-0.2, 0) is 16.6 Å². The van der Waals surface area contributed by atoms with E-state index in [1.54, 1.807) is 12.1 Å². The van der Waals surface area contributed by atoms with Crippen LogP contribution < -0.4 is 0 Å². The van der Waals surface area contributed by atoms with Gasteiger partial charge in [0.25, 0.3) is 0 Å². The van der Waals surface area contributed by atoms with Crippen LogP contribution in [0.3, 0.4) is 0 Å². The van der Waals surface area contributed by atoms with Crippen molar-refractivity contribution < 1.29 is 23.1 Å². The average molecular weight is 290 g/mol. The minimum Gasteiger partial charge on any atom is -0.481 e. The first-order valence-electron chi connectivity index (χ1n) is 5.88. The third-order valence-corrected chi connectivity index (χ3v) is 4.29. The highest BCUT2D eigenvalue weighted by atomic mass is 32.2. The molecule has 0 heterocycles. The van der Waals surface area contributed by atoms with Gasteiger partial charge in [0.2, 0.25) is 0 Å². The summed E-state index contributed by atoms with van der Waals surface area (Å²) in [5.41, 5.74) is -3.86. The molecule has 1 atom stereocenters. The van der Waals surface area contributed by atoms with Gasteiger partial charge in [0.15, 0.2) is 0 Å². The van der Waals surface area contributed by atoms with Crippen molar-refractivity contribution in [3.05, 3.63) is 35.4 Å². The molecular formula is C13H13F3O2S. The third-order valence-electron chi connectivity index (χ3n) is 3.56. The maximum absolute atomic E-state index is 12.2. The van der Waals surface area contributed by atoms with Crippen LogP contribution in [0.2, 0.25) is 0 Å². The van der Waals surface area contributed by atoms with Gasteiger partial charge in [0.05, 0.1) is 5.41 Å². The third kappa shape index (κ3) is 2.88. The first-order chi connectivity index (χ1) is 8.85. The number of benzene rings is 1. The molecule has 0 radical (unpaired) electrons. The number of carbonyl (C=O) groups is 1. The van der Waals surface area contributed by atoms with Gasteiger partial charge in [-0.25, -0.2) is 0 Å². The van der Waals surface area contributed by atoms with Gasteiger partial charge in [-0.1, -0.05) is 36.0 Å². The molecule has 0 fully saturated rings. The normalized spacial score (nSPS) is 22.3. The Hall–Kier alpha value is -1.17. The summed E-state index contributed by atoms with van der Waals surface area (Å²) >= 11 is -0.152. The summed E-state index contributed by atoms with van der Waals surface area (Å²) < 4.78 is 36.5. The van der Waals surface area contributed by atoms with Gasteiger partial charge in [-0.2, -0.15) is 13.2 Å². The molecule has 1 unspecified atom stereocenters. The average Bonchev–Trinajstić information content (AvgIpc) is 2.68. The molecule has 6 heteroatoms. The molecule has 0 aromatic heterocycles. The molecule has 1 N–H and O–H groups in total. The lowest BCUT2D eigenvalue weighted by molar-refractivity contribution is -0.144. The van der Waals surface area contributed by atoms with Gasteiger partial charge < -0.3 is 5.11 Å². The number of aliphatic carboxylic acids is 1. The largest absolute Gasteiger partial charge is 0.481 e. The Kier molecular flexibility index (Phi) is 3.80. The van der Waals surface area contributed by atoms with Gasteiger partial charge >= 0.3 is 11.5 Å². The van der Waals surface area contributed by atoms with E-state index in [-0.39, 0.29) is 23.9 Å². The summed E-state index contributed by atoms with van der Waals surface area (Å²) in [5, 5.41) is 9.45. The van der Waals surface area contributed by atoms with E-state index in [0.717, 1.165) is 5.56 Å². The molecule has 104 valence electrons. The van der Waals surface area contributed by atoms with Crippen LogP contribution >= 0.6 is 11.8 Å². The number of thioether (sulfide) groups is 1. The van der Waals surface area contributed by atoms with Crippen molar-refractivity contribution in [2.45, 2.75) is 30.2 Å². The maximum Gasteiger partial charge on any atom is 0.441 e. The number of rotatable bonds is 4. The fraction of sp³-hybridized carbons (Fsp3) is 0.462. The van der Waals surface area contributed by atoms with Crippen LogP contribution in [0, 0.1) is 0 Å². The van der Waals surface area contributed by atoms with Gasteiger partial charge in [-0.3, -0.25) is 4.79 Å². The molecule has 0 aliphatic heterocycles. The molecule has 19 heavy (non-hydrogen) atoms. The fourth-order valence-electron chi connectivity index (χ4n) is 2.62. The first-order valence-corrected chi connectivity index (χ1v) is 6.86. The monoisotopic (exact) mass is 290 g/mol. The molecule has 0 saturated carbocycles. The van der Waals surface area contributed by atoms with Crippen molar-refractivity contribution in [3.63, 3.8) is 0 Å². The van der Waals surface area contributed by atoms with E-state index in [1.807, 2.05) is 12.1 Å². The summed E-state index contributed by atoms with van der Waals surface area (Å²) in [6, 6.07) is 7.12. The summed E-state index contributed by atoms with van der Waals surface area (Å²) in [7, 11) is 0. The van der Waals surface area contributed by atoms with E-state index in [0.29, 0.717) is 18.4 Å². The molecule has 1 aromatic carbocycles. The smallest absolute Gasteiger partial charge is 0.441 e. The minimum atomic E-state index is -4.31. The van der Waals surface area contributed by atoms with Crippen molar-refractivity contribution in [1.29, 1.82) is 0 Å². The summed E-state index contributed by atoms with van der Waals surface area (Å²) in [5.74, 6) is -1.26. The number of carboxylic acids is 1. The van der Waals surface area contributed by atoms with Crippen molar-refractivity contribution in [1.82, 2.24) is 0 Å². The van der Waals surface area contributed by atoms with E-state index in [9.17, 15) is 23.1 Å². The number of fused-ring (bicyclic) bond motifs is 1. The van der Waals surface area contributed by atoms with Crippen molar-refractivity contribution >= 4 is 17.7 Å². The van der Waals surface area contributed by atoms with Crippen molar-refractivity contribution in [3.8, 4) is 0 Å². The lowest BCUT2D eigenvalue weighted by Gasteiger charge is -2.25. The Morgan fingerprint density at radius 1 is 1.37 bits per heavy atom. The van der Waals surface area contributed by atoms with E-state index >= 15 is 0 Å². The molecule has 1 aromatic rings. The molecule has 1 aliphatic carbocycles.